The van der Waals surface area contributed by atoms with Crippen LogP contribution in [0.3, 0.4) is 0 Å². The third-order valence-electron chi connectivity index (χ3n) is 3.19. The second kappa shape index (κ2) is 6.27. The molecule has 2 rings (SSSR count). The minimum absolute atomic E-state index is 0.0182. The van der Waals surface area contributed by atoms with Crippen molar-refractivity contribution in [2.75, 3.05) is 0 Å². The highest BCUT2D eigenvalue weighted by Crippen LogP contribution is 2.49. The van der Waals surface area contributed by atoms with E-state index in [9.17, 15) is 52.7 Å². The molecule has 1 aliphatic rings. The molecule has 1 aromatic rings. The second-order valence-corrected chi connectivity index (χ2v) is 5.18. The van der Waals surface area contributed by atoms with Gasteiger partial charge >= 0.3 is 36.3 Å². The summed E-state index contributed by atoms with van der Waals surface area (Å²) in [5.41, 5.74) is -8.39. The normalized spacial score (nSPS) is 18.3. The molecule has 0 unspecified atom stereocenters. The molecule has 1 aromatic carbocycles. The van der Waals surface area contributed by atoms with Crippen LogP contribution in [0.25, 0.3) is 0 Å². The van der Waals surface area contributed by atoms with Gasteiger partial charge in [-0.1, -0.05) is 6.07 Å². The van der Waals surface area contributed by atoms with Gasteiger partial charge in [-0.05, 0) is 18.2 Å². The van der Waals surface area contributed by atoms with Crippen LogP contribution in [-0.2, 0) is 10.9 Å². The summed E-state index contributed by atoms with van der Waals surface area (Å²) in [6, 6.07) is 1.39. The van der Waals surface area contributed by atoms with E-state index >= 15 is 0 Å². The largest absolute Gasteiger partial charge is 0.468 e. The summed E-state index contributed by atoms with van der Waals surface area (Å²) in [6.07, 6.45) is -24.1. The Morgan fingerprint density at radius 1 is 0.714 bits per heavy atom. The van der Waals surface area contributed by atoms with E-state index in [-0.39, 0.29) is 6.07 Å². The summed E-state index contributed by atoms with van der Waals surface area (Å²) in [5.74, 6) is -4.95. The summed E-state index contributed by atoms with van der Waals surface area (Å²) in [6.45, 7) is 0. The maximum atomic E-state index is 13.1. The number of alkyl halides is 12. The van der Waals surface area contributed by atoms with Gasteiger partial charge in [0, 0.05) is 5.56 Å². The molecule has 0 saturated heterocycles. The molecule has 0 aromatic heterocycles. The number of rotatable bonds is 1. The van der Waals surface area contributed by atoms with Crippen molar-refractivity contribution >= 4 is 11.8 Å². The van der Waals surface area contributed by atoms with Crippen molar-refractivity contribution in [3.8, 4) is 0 Å². The smallest absolute Gasteiger partial charge is 0.416 e. The second-order valence-electron chi connectivity index (χ2n) is 5.18. The van der Waals surface area contributed by atoms with E-state index in [1.807, 2.05) is 0 Å². The standard InChI is InChI=1S/C13H4F12N2O/c14-9(15,16)6-3-1-2-5(4-6)7-26-11(12(20,21)22,13(23,24)25)27-8(28-7)10(17,18)19/h1-4H. The van der Waals surface area contributed by atoms with Gasteiger partial charge in [-0.25, -0.2) is 4.99 Å². The van der Waals surface area contributed by atoms with Gasteiger partial charge in [-0.15, -0.1) is 0 Å². The number of benzene rings is 1. The monoisotopic (exact) mass is 432 g/mol. The lowest BCUT2D eigenvalue weighted by molar-refractivity contribution is -0.294. The summed E-state index contributed by atoms with van der Waals surface area (Å²) >= 11 is 0. The summed E-state index contributed by atoms with van der Waals surface area (Å²) in [4.78, 5) is 3.69. The zero-order valence-corrected chi connectivity index (χ0v) is 12.6. The molecule has 1 aliphatic heterocycles. The number of nitrogens with zero attached hydrogens (tertiary/aromatic N) is 2. The summed E-state index contributed by atoms with van der Waals surface area (Å²) in [7, 11) is 0. The molecule has 15 heteroatoms. The highest BCUT2D eigenvalue weighted by molar-refractivity contribution is 6.04. The van der Waals surface area contributed by atoms with Crippen molar-refractivity contribution in [3.05, 3.63) is 35.4 Å². The zero-order valence-electron chi connectivity index (χ0n) is 12.6. The summed E-state index contributed by atoms with van der Waals surface area (Å²) in [5, 5.41) is 0. The Bertz CT molecular complexity index is 799. The minimum Gasteiger partial charge on any atom is -0.416 e. The molecule has 0 aliphatic carbocycles. The first-order valence-corrected chi connectivity index (χ1v) is 6.64. The molecular weight excluding hydrogens is 428 g/mol. The van der Waals surface area contributed by atoms with Crippen LogP contribution in [0.1, 0.15) is 11.1 Å². The van der Waals surface area contributed by atoms with Gasteiger partial charge in [0.25, 0.3) is 0 Å². The maximum absolute atomic E-state index is 13.1. The highest BCUT2D eigenvalue weighted by Gasteiger charge is 2.74. The lowest BCUT2D eigenvalue weighted by atomic mass is 10.1. The number of aliphatic imine (C=N–C) groups is 2. The van der Waals surface area contributed by atoms with E-state index in [1.54, 1.807) is 4.99 Å². The molecule has 0 radical (unpaired) electrons. The third-order valence-corrected chi connectivity index (χ3v) is 3.19. The molecular formula is C13H4F12N2O. The molecule has 0 fully saturated rings. The Balaban J connectivity index is 2.77. The fourth-order valence-corrected chi connectivity index (χ4v) is 1.94. The van der Waals surface area contributed by atoms with Crippen LogP contribution >= 0.6 is 0 Å². The Kier molecular flexibility index (Phi) is 4.88. The molecule has 0 bridgehead atoms. The van der Waals surface area contributed by atoms with Crippen molar-refractivity contribution in [2.45, 2.75) is 30.4 Å². The topological polar surface area (TPSA) is 34.0 Å². The van der Waals surface area contributed by atoms with E-state index in [0.717, 1.165) is 0 Å². The van der Waals surface area contributed by atoms with E-state index < -0.39 is 53.3 Å². The van der Waals surface area contributed by atoms with Crippen LogP contribution in [0.4, 0.5) is 52.7 Å². The first-order valence-electron chi connectivity index (χ1n) is 6.64. The Hall–Kier alpha value is -2.48. The van der Waals surface area contributed by atoms with E-state index in [2.05, 4.69) is 9.73 Å². The van der Waals surface area contributed by atoms with Crippen LogP contribution < -0.4 is 0 Å². The van der Waals surface area contributed by atoms with Gasteiger partial charge in [-0.3, -0.25) is 0 Å². The van der Waals surface area contributed by atoms with E-state index in [0.29, 0.717) is 18.2 Å². The Morgan fingerprint density at radius 2 is 1.25 bits per heavy atom. The molecule has 0 N–H and O–H groups in total. The lowest BCUT2D eigenvalue weighted by Crippen LogP contribution is -2.57. The quantitative estimate of drug-likeness (QED) is 0.558. The molecule has 156 valence electrons. The van der Waals surface area contributed by atoms with E-state index in [4.69, 9.17) is 0 Å². The average molecular weight is 432 g/mol. The number of hydrogen-bond donors (Lipinski definition) is 0. The highest BCUT2D eigenvalue weighted by atomic mass is 19.4. The van der Waals surface area contributed by atoms with Gasteiger partial charge < -0.3 is 4.74 Å². The molecule has 28 heavy (non-hydrogen) atoms. The summed E-state index contributed by atoms with van der Waals surface area (Å²) < 4.78 is 159. The minimum atomic E-state index is -6.52. The molecule has 0 saturated carbocycles. The third kappa shape index (κ3) is 3.87. The molecule has 0 atom stereocenters. The van der Waals surface area contributed by atoms with Crippen LogP contribution in [-0.4, -0.2) is 36.0 Å². The zero-order chi connectivity index (χ0) is 21.8. The number of halogens is 12. The molecule has 1 heterocycles. The van der Waals surface area contributed by atoms with Crippen LogP contribution in [0.5, 0.6) is 0 Å². The predicted molar refractivity (Wildman–Crippen MR) is 67.4 cm³/mol. The van der Waals surface area contributed by atoms with Gasteiger partial charge in [0.15, 0.2) is 0 Å². The van der Waals surface area contributed by atoms with Gasteiger partial charge in [0.05, 0.1) is 5.56 Å². The fourth-order valence-electron chi connectivity index (χ4n) is 1.94. The first-order chi connectivity index (χ1) is 12.4. The van der Waals surface area contributed by atoms with Gasteiger partial charge in [0.1, 0.15) is 0 Å². The van der Waals surface area contributed by atoms with Crippen molar-refractivity contribution in [3.63, 3.8) is 0 Å². The Labute approximate surface area is 146 Å². The van der Waals surface area contributed by atoms with Gasteiger partial charge in [-0.2, -0.15) is 57.7 Å². The average Bonchev–Trinajstić information content (AvgIpc) is 2.51. The number of hydrogen-bond acceptors (Lipinski definition) is 3. The molecule has 0 spiro atoms. The van der Waals surface area contributed by atoms with Crippen LogP contribution in [0.2, 0.25) is 0 Å². The predicted octanol–water partition coefficient (Wildman–Crippen LogP) is 5.26. The Morgan fingerprint density at radius 3 is 1.68 bits per heavy atom. The SMILES string of the molecule is FC(F)(F)C1=NC(C(F)(F)F)(C(F)(F)F)N=C(c2cccc(C(F)(F)F)c2)O1. The molecule has 3 nitrogen and oxygen atoms in total. The van der Waals surface area contributed by atoms with Crippen molar-refractivity contribution in [1.82, 2.24) is 0 Å². The van der Waals surface area contributed by atoms with Crippen LogP contribution in [0.15, 0.2) is 34.3 Å². The first kappa shape index (κ1) is 21.8. The van der Waals surface area contributed by atoms with Crippen molar-refractivity contribution < 1.29 is 57.4 Å². The maximum Gasteiger partial charge on any atom is 0.468 e. The molecule has 0 amide bonds. The van der Waals surface area contributed by atoms with Gasteiger partial charge in [0.2, 0.25) is 5.90 Å². The number of ether oxygens (including phenoxy) is 1. The van der Waals surface area contributed by atoms with Crippen molar-refractivity contribution in [2.24, 2.45) is 9.98 Å². The fraction of sp³-hybridized carbons (Fsp3) is 0.385. The van der Waals surface area contributed by atoms with Crippen molar-refractivity contribution in [1.29, 1.82) is 0 Å². The van der Waals surface area contributed by atoms with E-state index in [1.165, 1.54) is 0 Å². The van der Waals surface area contributed by atoms with Crippen LogP contribution in [0, 0.1) is 0 Å². The lowest BCUT2D eigenvalue weighted by Gasteiger charge is -2.34.